The van der Waals surface area contributed by atoms with Gasteiger partial charge in [0.25, 0.3) is 0 Å². The molecule has 0 aliphatic heterocycles. The quantitative estimate of drug-likeness (QED) is 0.513. The van der Waals surface area contributed by atoms with Crippen molar-refractivity contribution in [2.45, 2.75) is 39.3 Å². The Morgan fingerprint density at radius 1 is 1.31 bits per heavy atom. The smallest absolute Gasteiger partial charge is 0.323 e. The molecule has 0 aliphatic rings. The summed E-state index contributed by atoms with van der Waals surface area (Å²) < 4.78 is 5.32. The summed E-state index contributed by atoms with van der Waals surface area (Å²) in [6.45, 7) is 16.1. The van der Waals surface area contributed by atoms with E-state index in [0.29, 0.717) is 13.1 Å². The van der Waals surface area contributed by atoms with Gasteiger partial charge in [0.15, 0.2) is 0 Å². The highest BCUT2D eigenvalue weighted by atomic mass is 16.6. The Balaban J connectivity index is 4.47. The molecule has 0 saturated heterocycles. The van der Waals surface area contributed by atoms with Crippen LogP contribution >= 0.6 is 0 Å². The van der Waals surface area contributed by atoms with Gasteiger partial charge in [-0.15, -0.1) is 13.2 Å². The van der Waals surface area contributed by atoms with Crippen LogP contribution in [0.2, 0.25) is 0 Å². The van der Waals surface area contributed by atoms with Gasteiger partial charge in [-0.2, -0.15) is 0 Å². The first kappa shape index (κ1) is 14.9. The Bertz CT molecular complexity index is 243. The average Bonchev–Trinajstić information content (AvgIpc) is 2.13. The molecule has 3 heteroatoms. The van der Waals surface area contributed by atoms with Crippen molar-refractivity contribution in [1.29, 1.82) is 0 Å². The van der Waals surface area contributed by atoms with Gasteiger partial charge >= 0.3 is 5.97 Å². The molecule has 0 aliphatic carbocycles. The molecule has 0 saturated carbocycles. The zero-order valence-electron chi connectivity index (χ0n) is 10.8. The van der Waals surface area contributed by atoms with Gasteiger partial charge in [-0.05, 0) is 27.7 Å². The van der Waals surface area contributed by atoms with Crippen molar-refractivity contribution in [3.8, 4) is 0 Å². The molecule has 0 spiro atoms. The number of nitrogens with zero attached hydrogens (tertiary/aromatic N) is 1. The van der Waals surface area contributed by atoms with E-state index in [0.717, 1.165) is 0 Å². The van der Waals surface area contributed by atoms with Crippen LogP contribution < -0.4 is 0 Å². The summed E-state index contributed by atoms with van der Waals surface area (Å²) in [4.78, 5) is 13.8. The zero-order chi connectivity index (χ0) is 12.8. The predicted molar refractivity (Wildman–Crippen MR) is 67.3 cm³/mol. The van der Waals surface area contributed by atoms with Crippen molar-refractivity contribution in [3.05, 3.63) is 25.3 Å². The van der Waals surface area contributed by atoms with E-state index in [4.69, 9.17) is 4.74 Å². The molecule has 16 heavy (non-hydrogen) atoms. The molecular weight excluding hydrogens is 202 g/mol. The number of ether oxygens (including phenoxy) is 1. The normalized spacial score (nSPS) is 13.3. The highest BCUT2D eigenvalue weighted by molar-refractivity contribution is 5.75. The third-order valence-electron chi connectivity index (χ3n) is 2.02. The lowest BCUT2D eigenvalue weighted by molar-refractivity contribution is -0.160. The molecule has 1 atom stereocenters. The molecule has 0 amide bonds. The van der Waals surface area contributed by atoms with Gasteiger partial charge in [-0.25, -0.2) is 0 Å². The van der Waals surface area contributed by atoms with Crippen LogP contribution in [-0.4, -0.2) is 35.6 Å². The molecule has 3 nitrogen and oxygen atoms in total. The number of rotatable bonds is 6. The fourth-order valence-corrected chi connectivity index (χ4v) is 1.26. The second kappa shape index (κ2) is 6.48. The maximum Gasteiger partial charge on any atom is 0.323 e. The zero-order valence-corrected chi connectivity index (χ0v) is 10.8. The molecular formula is C13H23NO2. The maximum atomic E-state index is 11.8. The van der Waals surface area contributed by atoms with Crippen LogP contribution in [0.4, 0.5) is 0 Å². The predicted octanol–water partition coefficient (Wildman–Crippen LogP) is 2.39. The van der Waals surface area contributed by atoms with E-state index in [1.165, 1.54) is 0 Å². The van der Waals surface area contributed by atoms with Crippen LogP contribution in [0.1, 0.15) is 27.7 Å². The van der Waals surface area contributed by atoms with E-state index in [9.17, 15) is 4.79 Å². The fraction of sp³-hybridized carbons (Fsp3) is 0.615. The number of hydrogen-bond donors (Lipinski definition) is 0. The van der Waals surface area contributed by atoms with E-state index in [1.54, 1.807) is 12.2 Å². The molecule has 0 aromatic heterocycles. The lowest BCUT2D eigenvalue weighted by Gasteiger charge is -2.28. The van der Waals surface area contributed by atoms with Gasteiger partial charge in [0.2, 0.25) is 0 Å². The summed E-state index contributed by atoms with van der Waals surface area (Å²) >= 11 is 0. The summed E-state index contributed by atoms with van der Waals surface area (Å²) in [6.07, 6.45) is 3.54. The summed E-state index contributed by atoms with van der Waals surface area (Å²) in [5.41, 5.74) is -0.445. The first-order valence-corrected chi connectivity index (χ1v) is 5.50. The lowest BCUT2D eigenvalue weighted by Crippen LogP contribution is -2.42. The topological polar surface area (TPSA) is 29.5 Å². The van der Waals surface area contributed by atoms with Gasteiger partial charge in [0.05, 0.1) is 0 Å². The molecule has 0 rings (SSSR count). The minimum atomic E-state index is -0.445. The van der Waals surface area contributed by atoms with E-state index in [-0.39, 0.29) is 12.0 Å². The average molecular weight is 225 g/mol. The Labute approximate surface area is 98.8 Å². The lowest BCUT2D eigenvalue weighted by atomic mass is 10.2. The summed E-state index contributed by atoms with van der Waals surface area (Å²) in [5, 5.41) is 0. The van der Waals surface area contributed by atoms with Crippen LogP contribution in [0.25, 0.3) is 0 Å². The molecule has 0 aromatic rings. The summed E-state index contributed by atoms with van der Waals surface area (Å²) in [6, 6.07) is -0.282. The molecule has 0 heterocycles. The maximum absolute atomic E-state index is 11.8. The minimum Gasteiger partial charge on any atom is -0.459 e. The van der Waals surface area contributed by atoms with Crippen molar-refractivity contribution >= 4 is 5.97 Å². The standard InChI is InChI=1S/C13H23NO2/c1-7-9-14(10-8-2)11(3)12(15)16-13(4,5)6/h7-8,11H,1-2,9-10H2,3-6H3. The van der Waals surface area contributed by atoms with Crippen molar-refractivity contribution in [1.82, 2.24) is 4.90 Å². The third-order valence-corrected chi connectivity index (χ3v) is 2.02. The Morgan fingerprint density at radius 2 is 1.75 bits per heavy atom. The Hall–Kier alpha value is -1.09. The molecule has 0 aromatic carbocycles. The molecule has 0 N–H and O–H groups in total. The molecule has 1 unspecified atom stereocenters. The van der Waals surface area contributed by atoms with E-state index in [1.807, 2.05) is 32.6 Å². The van der Waals surface area contributed by atoms with Crippen LogP contribution in [-0.2, 0) is 9.53 Å². The Morgan fingerprint density at radius 3 is 2.06 bits per heavy atom. The minimum absolute atomic E-state index is 0.212. The first-order valence-electron chi connectivity index (χ1n) is 5.50. The van der Waals surface area contributed by atoms with Gasteiger partial charge in [-0.1, -0.05) is 12.2 Å². The second-order valence-corrected chi connectivity index (χ2v) is 4.74. The van der Waals surface area contributed by atoms with E-state index < -0.39 is 5.60 Å². The van der Waals surface area contributed by atoms with Crippen molar-refractivity contribution in [2.24, 2.45) is 0 Å². The van der Waals surface area contributed by atoms with Gasteiger partial charge in [-0.3, -0.25) is 9.69 Å². The van der Waals surface area contributed by atoms with Gasteiger partial charge < -0.3 is 4.74 Å². The summed E-state index contributed by atoms with van der Waals surface area (Å²) in [7, 11) is 0. The molecule has 0 fully saturated rings. The SMILES string of the molecule is C=CCN(CC=C)C(C)C(=O)OC(C)(C)C. The number of esters is 1. The number of carbonyl (C=O) groups excluding carboxylic acids is 1. The second-order valence-electron chi connectivity index (χ2n) is 4.74. The van der Waals surface area contributed by atoms with E-state index >= 15 is 0 Å². The third kappa shape index (κ3) is 5.71. The van der Waals surface area contributed by atoms with Crippen LogP contribution in [0, 0.1) is 0 Å². The van der Waals surface area contributed by atoms with Crippen LogP contribution in [0.3, 0.4) is 0 Å². The molecule has 92 valence electrons. The molecule has 0 bridgehead atoms. The highest BCUT2D eigenvalue weighted by Gasteiger charge is 2.25. The van der Waals surface area contributed by atoms with Crippen molar-refractivity contribution < 1.29 is 9.53 Å². The summed E-state index contributed by atoms with van der Waals surface area (Å²) in [5.74, 6) is -0.212. The first-order chi connectivity index (χ1) is 7.31. The number of hydrogen-bond acceptors (Lipinski definition) is 3. The van der Waals surface area contributed by atoms with Crippen molar-refractivity contribution in [2.75, 3.05) is 13.1 Å². The highest BCUT2D eigenvalue weighted by Crippen LogP contribution is 2.11. The van der Waals surface area contributed by atoms with Gasteiger partial charge in [0, 0.05) is 13.1 Å². The molecule has 0 radical (unpaired) electrons. The number of carbonyl (C=O) groups is 1. The van der Waals surface area contributed by atoms with Crippen LogP contribution in [0.5, 0.6) is 0 Å². The Kier molecular flexibility index (Phi) is 6.04. The largest absolute Gasteiger partial charge is 0.459 e. The monoisotopic (exact) mass is 225 g/mol. The fourth-order valence-electron chi connectivity index (χ4n) is 1.26. The van der Waals surface area contributed by atoms with Crippen molar-refractivity contribution in [3.63, 3.8) is 0 Å². The van der Waals surface area contributed by atoms with Crippen LogP contribution in [0.15, 0.2) is 25.3 Å². The van der Waals surface area contributed by atoms with E-state index in [2.05, 4.69) is 13.2 Å². The van der Waals surface area contributed by atoms with Gasteiger partial charge in [0.1, 0.15) is 11.6 Å².